The molecule has 160 valence electrons. The Bertz CT molecular complexity index is 975. The second-order valence-corrected chi connectivity index (χ2v) is 7.66. The molecule has 1 aromatic heterocycles. The highest BCUT2D eigenvalue weighted by molar-refractivity contribution is 5.84. The van der Waals surface area contributed by atoms with E-state index in [1.54, 1.807) is 7.11 Å². The molecule has 1 atom stereocenters. The number of likely N-dealkylation sites (tertiary alicyclic amines) is 1. The molecule has 0 radical (unpaired) electrons. The van der Waals surface area contributed by atoms with Crippen molar-refractivity contribution in [3.8, 4) is 5.75 Å². The summed E-state index contributed by atoms with van der Waals surface area (Å²) in [5.74, 6) is 0.772. The number of methoxy groups -OCH3 is 1. The quantitative estimate of drug-likeness (QED) is 0.574. The van der Waals surface area contributed by atoms with Crippen molar-refractivity contribution < 1.29 is 14.3 Å². The van der Waals surface area contributed by atoms with Crippen LogP contribution in [-0.4, -0.2) is 29.6 Å². The van der Waals surface area contributed by atoms with Crippen LogP contribution in [0.15, 0.2) is 73.1 Å². The lowest BCUT2D eigenvalue weighted by molar-refractivity contribution is 0.155. The van der Waals surface area contributed by atoms with Crippen LogP contribution in [0.1, 0.15) is 35.6 Å². The number of nitrogens with zero attached hydrogens (tertiary/aromatic N) is 2. The zero-order valence-corrected chi connectivity index (χ0v) is 17.7. The molecule has 6 heteroatoms. The fraction of sp³-hybridized carbons (Fsp3) is 0.280. The number of benzene rings is 2. The molecule has 1 N–H and O–H groups in total. The van der Waals surface area contributed by atoms with Crippen molar-refractivity contribution in [2.75, 3.05) is 19.0 Å². The summed E-state index contributed by atoms with van der Waals surface area (Å²) in [6, 6.07) is 19.9. The van der Waals surface area contributed by atoms with Gasteiger partial charge in [-0.15, -0.1) is 0 Å². The maximum Gasteiger partial charge on any atom is 0.411 e. The van der Waals surface area contributed by atoms with Crippen molar-refractivity contribution in [1.82, 2.24) is 9.88 Å². The topological polar surface area (TPSA) is 63.7 Å². The molecule has 0 bridgehead atoms. The highest BCUT2D eigenvalue weighted by Crippen LogP contribution is 2.32. The Labute approximate surface area is 182 Å². The Hall–Kier alpha value is -3.38. The summed E-state index contributed by atoms with van der Waals surface area (Å²) in [6.45, 7) is 2.16. The van der Waals surface area contributed by atoms with E-state index < -0.39 is 6.09 Å². The number of hydrogen-bond acceptors (Lipinski definition) is 5. The average molecular weight is 418 g/mol. The van der Waals surface area contributed by atoms with Gasteiger partial charge in [0.1, 0.15) is 12.4 Å². The first-order valence-corrected chi connectivity index (χ1v) is 10.5. The van der Waals surface area contributed by atoms with Crippen LogP contribution in [0.25, 0.3) is 0 Å². The van der Waals surface area contributed by atoms with E-state index in [9.17, 15) is 4.79 Å². The van der Waals surface area contributed by atoms with Crippen LogP contribution in [0, 0.1) is 0 Å². The molecule has 6 nitrogen and oxygen atoms in total. The van der Waals surface area contributed by atoms with Crippen LogP contribution >= 0.6 is 0 Å². The number of pyridine rings is 1. The van der Waals surface area contributed by atoms with Gasteiger partial charge in [0.25, 0.3) is 0 Å². The van der Waals surface area contributed by atoms with Crippen molar-refractivity contribution in [2.24, 2.45) is 0 Å². The summed E-state index contributed by atoms with van der Waals surface area (Å²) in [5.41, 5.74) is 4.11. The molecule has 1 aliphatic heterocycles. The predicted molar refractivity (Wildman–Crippen MR) is 120 cm³/mol. The van der Waals surface area contributed by atoms with Gasteiger partial charge < -0.3 is 9.47 Å². The van der Waals surface area contributed by atoms with E-state index in [0.717, 1.165) is 30.8 Å². The minimum Gasteiger partial charge on any atom is -0.497 e. The van der Waals surface area contributed by atoms with Gasteiger partial charge >= 0.3 is 6.09 Å². The summed E-state index contributed by atoms with van der Waals surface area (Å²) in [6.07, 6.45) is 5.66. The number of carbonyl (C=O) groups is 1. The highest BCUT2D eigenvalue weighted by Gasteiger charge is 2.25. The molecule has 1 saturated heterocycles. The van der Waals surface area contributed by atoms with E-state index in [1.807, 2.05) is 54.9 Å². The third-order valence-electron chi connectivity index (χ3n) is 5.55. The minimum atomic E-state index is -0.472. The van der Waals surface area contributed by atoms with Gasteiger partial charge in [0.2, 0.25) is 0 Å². The van der Waals surface area contributed by atoms with Crippen LogP contribution < -0.4 is 10.1 Å². The molecule has 3 aromatic rings. The molecule has 0 aliphatic carbocycles. The monoisotopic (exact) mass is 417 g/mol. The maximum atomic E-state index is 12.1. The van der Waals surface area contributed by atoms with Crippen molar-refractivity contribution in [3.63, 3.8) is 0 Å². The number of aromatic nitrogens is 1. The van der Waals surface area contributed by atoms with Gasteiger partial charge in [0.15, 0.2) is 0 Å². The Kier molecular flexibility index (Phi) is 6.79. The summed E-state index contributed by atoms with van der Waals surface area (Å²) < 4.78 is 10.4. The van der Waals surface area contributed by atoms with Gasteiger partial charge in [-0.2, -0.15) is 0 Å². The second-order valence-electron chi connectivity index (χ2n) is 7.66. The SMILES string of the molecule is COc1ccc(COC(=O)Nc2ccc(CN3CCC[C@@H]3c3cccnc3)cc2)cc1. The molecule has 2 heterocycles. The molecule has 1 amide bonds. The number of carbonyl (C=O) groups excluding carboxylic acids is 1. The van der Waals surface area contributed by atoms with Crippen LogP contribution in [0.2, 0.25) is 0 Å². The third kappa shape index (κ3) is 5.61. The first-order chi connectivity index (χ1) is 15.2. The van der Waals surface area contributed by atoms with E-state index in [1.165, 1.54) is 17.5 Å². The zero-order chi connectivity index (χ0) is 21.5. The molecular weight excluding hydrogens is 390 g/mol. The van der Waals surface area contributed by atoms with Crippen molar-refractivity contribution in [2.45, 2.75) is 32.0 Å². The average Bonchev–Trinajstić information content (AvgIpc) is 3.28. The lowest BCUT2D eigenvalue weighted by Gasteiger charge is -2.24. The molecular formula is C25H27N3O3. The van der Waals surface area contributed by atoms with E-state index in [-0.39, 0.29) is 6.61 Å². The molecule has 0 spiro atoms. The number of anilines is 1. The van der Waals surface area contributed by atoms with E-state index in [4.69, 9.17) is 9.47 Å². The Balaban J connectivity index is 1.28. The van der Waals surface area contributed by atoms with Crippen LogP contribution in [0.5, 0.6) is 5.75 Å². The number of rotatable bonds is 7. The fourth-order valence-electron chi connectivity index (χ4n) is 3.92. The number of nitrogens with one attached hydrogen (secondary N) is 1. The molecule has 0 unspecified atom stereocenters. The Morgan fingerprint density at radius 1 is 1.10 bits per heavy atom. The zero-order valence-electron chi connectivity index (χ0n) is 17.7. The summed E-state index contributed by atoms with van der Waals surface area (Å²) in [5, 5.41) is 2.78. The molecule has 31 heavy (non-hydrogen) atoms. The van der Waals surface area contributed by atoms with Gasteiger partial charge in [-0.3, -0.25) is 15.2 Å². The summed E-state index contributed by atoms with van der Waals surface area (Å²) >= 11 is 0. The number of amides is 1. The lowest BCUT2D eigenvalue weighted by Crippen LogP contribution is -2.22. The van der Waals surface area contributed by atoms with Gasteiger partial charge in [0, 0.05) is 30.7 Å². The van der Waals surface area contributed by atoms with Crippen LogP contribution in [-0.2, 0) is 17.9 Å². The largest absolute Gasteiger partial charge is 0.497 e. The van der Waals surface area contributed by atoms with E-state index in [2.05, 4.69) is 33.4 Å². The summed E-state index contributed by atoms with van der Waals surface area (Å²) in [4.78, 5) is 18.9. The number of ether oxygens (including phenoxy) is 2. The first kappa shape index (κ1) is 20.9. The molecule has 2 aromatic carbocycles. The Morgan fingerprint density at radius 2 is 1.87 bits per heavy atom. The van der Waals surface area contributed by atoms with Crippen molar-refractivity contribution >= 4 is 11.8 Å². The predicted octanol–water partition coefficient (Wildman–Crippen LogP) is 5.18. The highest BCUT2D eigenvalue weighted by atomic mass is 16.5. The van der Waals surface area contributed by atoms with Crippen LogP contribution in [0.3, 0.4) is 0 Å². The van der Waals surface area contributed by atoms with Crippen molar-refractivity contribution in [1.29, 1.82) is 0 Å². The van der Waals surface area contributed by atoms with Crippen LogP contribution in [0.4, 0.5) is 10.5 Å². The molecule has 1 aliphatic rings. The van der Waals surface area contributed by atoms with E-state index >= 15 is 0 Å². The smallest absolute Gasteiger partial charge is 0.411 e. The fourth-order valence-corrected chi connectivity index (χ4v) is 3.92. The Morgan fingerprint density at radius 3 is 2.58 bits per heavy atom. The third-order valence-corrected chi connectivity index (χ3v) is 5.55. The molecule has 4 rings (SSSR count). The van der Waals surface area contributed by atoms with Gasteiger partial charge in [-0.05, 0) is 66.4 Å². The minimum absolute atomic E-state index is 0.207. The lowest BCUT2D eigenvalue weighted by atomic mass is 10.1. The van der Waals surface area contributed by atoms with Gasteiger partial charge in [-0.25, -0.2) is 4.79 Å². The normalized spacial score (nSPS) is 16.1. The number of hydrogen-bond donors (Lipinski definition) is 1. The maximum absolute atomic E-state index is 12.1. The first-order valence-electron chi connectivity index (χ1n) is 10.5. The van der Waals surface area contributed by atoms with Gasteiger partial charge in [0.05, 0.1) is 7.11 Å². The van der Waals surface area contributed by atoms with Gasteiger partial charge in [-0.1, -0.05) is 30.3 Å². The van der Waals surface area contributed by atoms with Crippen molar-refractivity contribution in [3.05, 3.63) is 89.7 Å². The standard InChI is InChI=1S/C25H27N3O3/c1-30-23-12-8-20(9-13-23)18-31-25(29)27-22-10-6-19(7-11-22)17-28-15-3-5-24(28)21-4-2-14-26-16-21/h2,4,6-14,16,24H,3,5,15,17-18H2,1H3,(H,27,29)/t24-/m1/s1. The summed E-state index contributed by atoms with van der Waals surface area (Å²) in [7, 11) is 1.62. The molecule has 0 saturated carbocycles. The van der Waals surface area contributed by atoms with E-state index in [0.29, 0.717) is 11.7 Å². The second kappa shape index (κ2) is 10.1. The molecule has 1 fully saturated rings.